The van der Waals surface area contributed by atoms with E-state index < -0.39 is 0 Å². The summed E-state index contributed by atoms with van der Waals surface area (Å²) < 4.78 is 14.9. The molecule has 0 bridgehead atoms. The maximum Gasteiger partial charge on any atom is 0.130 e. The number of nitrogens with one attached hydrogen (secondary N) is 1. The third-order valence-corrected chi connectivity index (χ3v) is 4.80. The summed E-state index contributed by atoms with van der Waals surface area (Å²) >= 11 is 0. The highest BCUT2D eigenvalue weighted by atomic mass is 19.1. The molecule has 0 spiro atoms. The minimum absolute atomic E-state index is 0.205. The molecule has 0 saturated carbocycles. The number of aromatic nitrogens is 5. The molecule has 1 atom stereocenters. The predicted octanol–water partition coefficient (Wildman–Crippen LogP) is 4.15. The summed E-state index contributed by atoms with van der Waals surface area (Å²) in [6, 6.07) is 16.7. The molecule has 0 fully saturated rings. The summed E-state index contributed by atoms with van der Waals surface area (Å²) in [6.45, 7) is 4.53. The number of benzene rings is 2. The fourth-order valence-corrected chi connectivity index (χ4v) is 3.33. The van der Waals surface area contributed by atoms with Crippen LogP contribution in [0.3, 0.4) is 0 Å². The number of rotatable bonds is 7. The van der Waals surface area contributed by atoms with Crippen LogP contribution in [0.1, 0.15) is 30.4 Å². The second-order valence-electron chi connectivity index (χ2n) is 7.24. The molecule has 0 radical (unpaired) electrons. The number of anilines is 1. The van der Waals surface area contributed by atoms with Crippen LogP contribution in [0.5, 0.6) is 0 Å². The van der Waals surface area contributed by atoms with E-state index in [1.54, 1.807) is 0 Å². The van der Waals surface area contributed by atoms with Crippen LogP contribution in [0.15, 0.2) is 54.6 Å². The molecule has 1 N–H and O–H groups in total. The van der Waals surface area contributed by atoms with Crippen LogP contribution in [0.4, 0.5) is 10.2 Å². The lowest BCUT2D eigenvalue weighted by atomic mass is 10.1. The molecule has 2 aromatic heterocycles. The zero-order valence-electron chi connectivity index (χ0n) is 16.5. The molecule has 0 amide bonds. The Morgan fingerprint density at radius 3 is 2.69 bits per heavy atom. The summed E-state index contributed by atoms with van der Waals surface area (Å²) in [5.41, 5.74) is 3.84. The average Bonchev–Trinajstić information content (AvgIpc) is 3.10. The molecular weight excluding hydrogens is 367 g/mol. The molecule has 6 nitrogen and oxygen atoms in total. The molecule has 2 aromatic carbocycles. The first-order valence-corrected chi connectivity index (χ1v) is 9.70. The molecular formula is C22H23FN6. The molecule has 0 aliphatic rings. The Hall–Kier alpha value is -3.35. The molecule has 0 aliphatic carbocycles. The van der Waals surface area contributed by atoms with Crippen molar-refractivity contribution in [2.24, 2.45) is 0 Å². The lowest BCUT2D eigenvalue weighted by Gasteiger charge is -2.15. The minimum Gasteiger partial charge on any atom is -0.367 e. The maximum atomic E-state index is 13.0. The normalized spacial score (nSPS) is 12.2. The van der Waals surface area contributed by atoms with Gasteiger partial charge in [0.1, 0.15) is 23.0 Å². The van der Waals surface area contributed by atoms with Gasteiger partial charge in [0.25, 0.3) is 0 Å². The predicted molar refractivity (Wildman–Crippen MR) is 111 cm³/mol. The third-order valence-electron chi connectivity index (χ3n) is 4.80. The zero-order chi connectivity index (χ0) is 20.2. The first-order valence-electron chi connectivity index (χ1n) is 9.70. The van der Waals surface area contributed by atoms with Gasteiger partial charge in [-0.1, -0.05) is 29.5 Å². The van der Waals surface area contributed by atoms with Gasteiger partial charge in [0.2, 0.25) is 0 Å². The van der Waals surface area contributed by atoms with Crippen LogP contribution < -0.4 is 5.32 Å². The largest absolute Gasteiger partial charge is 0.367 e. The van der Waals surface area contributed by atoms with Gasteiger partial charge < -0.3 is 5.32 Å². The quantitative estimate of drug-likeness (QED) is 0.513. The maximum absolute atomic E-state index is 13.0. The van der Waals surface area contributed by atoms with Crippen LogP contribution in [0.25, 0.3) is 11.0 Å². The lowest BCUT2D eigenvalue weighted by molar-refractivity contribution is 0.626. The van der Waals surface area contributed by atoms with Crippen molar-refractivity contribution < 1.29 is 4.39 Å². The van der Waals surface area contributed by atoms with E-state index >= 15 is 0 Å². The topological polar surface area (TPSA) is 68.5 Å². The number of nitrogens with zero attached hydrogens (tertiary/aromatic N) is 5. The highest BCUT2D eigenvalue weighted by Crippen LogP contribution is 2.15. The highest BCUT2D eigenvalue weighted by Gasteiger charge is 2.10. The van der Waals surface area contributed by atoms with Gasteiger partial charge in [-0.25, -0.2) is 19.0 Å². The molecule has 148 valence electrons. The number of hydrogen-bond acceptors (Lipinski definition) is 5. The summed E-state index contributed by atoms with van der Waals surface area (Å²) in [4.78, 5) is 9.06. The first-order chi connectivity index (χ1) is 14.1. The number of para-hydroxylation sites is 1. The van der Waals surface area contributed by atoms with E-state index in [0.29, 0.717) is 12.4 Å². The highest BCUT2D eigenvalue weighted by molar-refractivity contribution is 5.73. The molecule has 0 saturated heterocycles. The van der Waals surface area contributed by atoms with Gasteiger partial charge in [0.15, 0.2) is 0 Å². The van der Waals surface area contributed by atoms with E-state index in [1.807, 2.05) is 54.1 Å². The van der Waals surface area contributed by atoms with Crippen LogP contribution >= 0.6 is 0 Å². The lowest BCUT2D eigenvalue weighted by Crippen LogP contribution is -2.18. The fraction of sp³-hybridized carbons (Fsp3) is 0.273. The van der Waals surface area contributed by atoms with Crippen LogP contribution in [0, 0.1) is 12.7 Å². The molecule has 0 aliphatic heterocycles. The van der Waals surface area contributed by atoms with Gasteiger partial charge in [0.05, 0.1) is 17.8 Å². The number of hydrogen-bond donors (Lipinski definition) is 1. The van der Waals surface area contributed by atoms with Crippen LogP contribution in [-0.2, 0) is 13.0 Å². The average molecular weight is 390 g/mol. The second-order valence-corrected chi connectivity index (χ2v) is 7.24. The Balaban J connectivity index is 1.43. The van der Waals surface area contributed by atoms with Crippen molar-refractivity contribution in [3.05, 3.63) is 77.5 Å². The Morgan fingerprint density at radius 2 is 1.86 bits per heavy atom. The molecule has 4 rings (SSSR count). The van der Waals surface area contributed by atoms with E-state index in [-0.39, 0.29) is 11.9 Å². The standard InChI is InChI=1S/C22H23FN6/c1-15(7-8-17-9-11-18(23)12-10-17)24-22-13-19(25-16(2)26-22)14-29-21-6-4-3-5-20(21)27-28-29/h3-6,9-13,15H,7-8,14H2,1-2H3,(H,24,25,26). The number of halogens is 1. The van der Waals surface area contributed by atoms with Crippen molar-refractivity contribution in [2.75, 3.05) is 5.32 Å². The van der Waals surface area contributed by atoms with E-state index in [0.717, 1.165) is 41.0 Å². The second kappa shape index (κ2) is 8.34. The fourth-order valence-electron chi connectivity index (χ4n) is 3.33. The van der Waals surface area contributed by atoms with Gasteiger partial charge in [-0.3, -0.25) is 0 Å². The summed E-state index contributed by atoms with van der Waals surface area (Å²) in [6.07, 6.45) is 1.79. The SMILES string of the molecule is Cc1nc(Cn2nnc3ccccc32)cc(NC(C)CCc2ccc(F)cc2)n1. The molecule has 2 heterocycles. The molecule has 7 heteroatoms. The molecule has 4 aromatic rings. The summed E-state index contributed by atoms with van der Waals surface area (Å²) in [5.74, 6) is 1.30. The zero-order valence-corrected chi connectivity index (χ0v) is 16.5. The number of fused-ring (bicyclic) bond motifs is 1. The Kier molecular flexibility index (Phi) is 5.46. The van der Waals surface area contributed by atoms with Crippen molar-refractivity contribution in [2.45, 2.75) is 39.3 Å². The Morgan fingerprint density at radius 1 is 1.07 bits per heavy atom. The van der Waals surface area contributed by atoms with Crippen molar-refractivity contribution in [3.63, 3.8) is 0 Å². The summed E-state index contributed by atoms with van der Waals surface area (Å²) in [7, 11) is 0. The smallest absolute Gasteiger partial charge is 0.130 e. The Labute approximate surface area is 168 Å². The Bertz CT molecular complexity index is 1110. The van der Waals surface area contributed by atoms with Gasteiger partial charge in [-0.05, 0) is 56.5 Å². The summed E-state index contributed by atoms with van der Waals surface area (Å²) in [5, 5.41) is 11.9. The van der Waals surface area contributed by atoms with Gasteiger partial charge in [-0.15, -0.1) is 5.10 Å². The van der Waals surface area contributed by atoms with Gasteiger partial charge >= 0.3 is 0 Å². The van der Waals surface area contributed by atoms with E-state index in [9.17, 15) is 4.39 Å². The third kappa shape index (κ3) is 4.74. The van der Waals surface area contributed by atoms with Crippen molar-refractivity contribution in [1.29, 1.82) is 0 Å². The molecule has 29 heavy (non-hydrogen) atoms. The first kappa shape index (κ1) is 19.0. The van der Waals surface area contributed by atoms with Crippen LogP contribution in [-0.4, -0.2) is 31.0 Å². The van der Waals surface area contributed by atoms with Crippen molar-refractivity contribution >= 4 is 16.9 Å². The number of aryl methyl sites for hydroxylation is 2. The van der Waals surface area contributed by atoms with Gasteiger partial charge in [0, 0.05) is 12.1 Å². The molecule has 1 unspecified atom stereocenters. The van der Waals surface area contributed by atoms with E-state index in [4.69, 9.17) is 0 Å². The van der Waals surface area contributed by atoms with Gasteiger partial charge in [-0.2, -0.15) is 0 Å². The monoisotopic (exact) mass is 390 g/mol. The minimum atomic E-state index is -0.205. The van der Waals surface area contributed by atoms with Crippen LogP contribution in [0.2, 0.25) is 0 Å². The van der Waals surface area contributed by atoms with Crippen molar-refractivity contribution in [3.8, 4) is 0 Å². The van der Waals surface area contributed by atoms with E-state index in [1.165, 1.54) is 12.1 Å². The van der Waals surface area contributed by atoms with E-state index in [2.05, 4.69) is 32.5 Å². The van der Waals surface area contributed by atoms with Crippen molar-refractivity contribution in [1.82, 2.24) is 25.0 Å².